The van der Waals surface area contributed by atoms with Gasteiger partial charge in [0, 0.05) is 35.5 Å². The Morgan fingerprint density at radius 2 is 1.95 bits per heavy atom. The zero-order valence-corrected chi connectivity index (χ0v) is 24.3. The van der Waals surface area contributed by atoms with Crippen molar-refractivity contribution in [3.05, 3.63) is 64.7 Å². The Balaban J connectivity index is 1.47. The van der Waals surface area contributed by atoms with Crippen LogP contribution in [0.5, 0.6) is 5.75 Å². The van der Waals surface area contributed by atoms with E-state index in [1.54, 1.807) is 0 Å². The highest BCUT2D eigenvalue weighted by molar-refractivity contribution is 7.98. The second-order valence-corrected chi connectivity index (χ2v) is 12.8. The fraction of sp³-hybridized carbons (Fsp3) is 0.516. The number of hydrogen-bond acceptors (Lipinski definition) is 5. The second-order valence-electron chi connectivity index (χ2n) is 11.5. The van der Waals surface area contributed by atoms with Gasteiger partial charge in [-0.1, -0.05) is 43.2 Å². The molecular formula is C31H40ClN3O2S. The molecule has 7 heteroatoms. The highest BCUT2D eigenvalue weighted by Crippen LogP contribution is 2.43. The average Bonchev–Trinajstić information content (AvgIpc) is 3.06. The molecular weight excluding hydrogens is 514 g/mol. The Bertz CT molecular complexity index is 1180. The van der Waals surface area contributed by atoms with Crippen molar-refractivity contribution in [1.29, 1.82) is 0 Å². The molecule has 2 aliphatic heterocycles. The third-order valence-corrected chi connectivity index (χ3v) is 9.35. The number of hydrogen-bond donors (Lipinski definition) is 2. The summed E-state index contributed by atoms with van der Waals surface area (Å²) in [7, 11) is 0. The molecule has 1 fully saturated rings. The maximum absolute atomic E-state index is 12.9. The Kier molecular flexibility index (Phi) is 8.61. The lowest BCUT2D eigenvalue weighted by atomic mass is 9.71. The lowest BCUT2D eigenvalue weighted by Gasteiger charge is -2.41. The number of amides is 1. The first kappa shape index (κ1) is 27.4. The maximum atomic E-state index is 12.9. The van der Waals surface area contributed by atoms with Crippen LogP contribution in [0.3, 0.4) is 0 Å². The van der Waals surface area contributed by atoms with Crippen LogP contribution in [0, 0.1) is 11.8 Å². The van der Waals surface area contributed by atoms with Gasteiger partial charge in [-0.15, -0.1) is 0 Å². The molecule has 1 saturated carbocycles. The third kappa shape index (κ3) is 6.19. The molecule has 2 aromatic carbocycles. The average molecular weight is 554 g/mol. The SMILES string of the molecule is CCCc1cc(Cl)ccc1C1COc2ccc3cc2N(C1)CC1CCC1C/C=C/CNC(C)(C)C(=O)NS3. The molecule has 2 aromatic rings. The van der Waals surface area contributed by atoms with Crippen LogP contribution in [0.1, 0.15) is 63.5 Å². The van der Waals surface area contributed by atoms with Gasteiger partial charge in [0.25, 0.3) is 0 Å². The Morgan fingerprint density at radius 3 is 2.74 bits per heavy atom. The van der Waals surface area contributed by atoms with Crippen molar-refractivity contribution in [1.82, 2.24) is 10.0 Å². The molecule has 5 nitrogen and oxygen atoms in total. The number of carbonyl (C=O) groups is 1. The van der Waals surface area contributed by atoms with E-state index in [1.165, 1.54) is 35.9 Å². The summed E-state index contributed by atoms with van der Waals surface area (Å²) in [5.74, 6) is 2.52. The molecule has 2 N–H and O–H groups in total. The number of fused-ring (bicyclic) bond motifs is 2. The van der Waals surface area contributed by atoms with Crippen molar-refractivity contribution in [2.24, 2.45) is 11.8 Å². The van der Waals surface area contributed by atoms with E-state index < -0.39 is 5.54 Å². The summed E-state index contributed by atoms with van der Waals surface area (Å²) >= 11 is 7.77. The van der Waals surface area contributed by atoms with Gasteiger partial charge < -0.3 is 15.0 Å². The zero-order valence-electron chi connectivity index (χ0n) is 22.8. The lowest BCUT2D eigenvalue weighted by Crippen LogP contribution is -2.51. The number of benzene rings is 2. The number of ether oxygens (including phenoxy) is 1. The largest absolute Gasteiger partial charge is 0.491 e. The van der Waals surface area contributed by atoms with Gasteiger partial charge >= 0.3 is 0 Å². The zero-order chi connectivity index (χ0) is 26.7. The fourth-order valence-corrected chi connectivity index (χ4v) is 6.78. The number of anilines is 1. The van der Waals surface area contributed by atoms with Crippen LogP contribution in [-0.4, -0.2) is 37.7 Å². The lowest BCUT2D eigenvalue weighted by molar-refractivity contribution is -0.124. The normalized spacial score (nSPS) is 26.3. The van der Waals surface area contributed by atoms with Gasteiger partial charge in [0.2, 0.25) is 5.91 Å². The number of allylic oxidation sites excluding steroid dienone is 1. The molecule has 0 spiro atoms. The van der Waals surface area contributed by atoms with Crippen LogP contribution in [0.15, 0.2) is 53.4 Å². The van der Waals surface area contributed by atoms with E-state index in [0.29, 0.717) is 25.0 Å². The smallest absolute Gasteiger partial charge is 0.249 e. The summed E-state index contributed by atoms with van der Waals surface area (Å²) < 4.78 is 9.54. The summed E-state index contributed by atoms with van der Waals surface area (Å²) in [6.07, 6.45) is 10.2. The van der Waals surface area contributed by atoms with E-state index in [4.69, 9.17) is 16.3 Å². The molecule has 3 aliphatic rings. The molecule has 2 heterocycles. The molecule has 204 valence electrons. The van der Waals surface area contributed by atoms with Crippen molar-refractivity contribution in [2.45, 2.75) is 69.2 Å². The summed E-state index contributed by atoms with van der Waals surface area (Å²) in [5, 5.41) is 4.17. The first-order chi connectivity index (χ1) is 18.3. The molecule has 0 aromatic heterocycles. The summed E-state index contributed by atoms with van der Waals surface area (Å²) in [4.78, 5) is 16.5. The minimum atomic E-state index is -0.657. The van der Waals surface area contributed by atoms with Crippen LogP contribution < -0.4 is 19.7 Å². The molecule has 5 rings (SSSR count). The van der Waals surface area contributed by atoms with Crippen LogP contribution in [0.2, 0.25) is 5.02 Å². The Hall–Kier alpha value is -2.15. The first-order valence-corrected chi connectivity index (χ1v) is 15.2. The molecule has 3 atom stereocenters. The van der Waals surface area contributed by atoms with E-state index in [0.717, 1.165) is 53.7 Å². The van der Waals surface area contributed by atoms with Crippen molar-refractivity contribution in [3.63, 3.8) is 0 Å². The summed E-state index contributed by atoms with van der Waals surface area (Å²) in [6.45, 7) is 9.33. The third-order valence-electron chi connectivity index (χ3n) is 8.34. The van der Waals surface area contributed by atoms with Crippen LogP contribution in [0.4, 0.5) is 5.69 Å². The molecule has 0 saturated heterocycles. The number of nitrogens with zero attached hydrogens (tertiary/aromatic N) is 1. The maximum Gasteiger partial charge on any atom is 0.249 e. The standard InChI is InChI=1S/C31H40ClN3O2S/c1-4-7-22-16-25(32)11-13-27(22)24-19-35-18-23-10-9-21(23)8-5-6-15-33-31(2,3)30(36)34-38-26-12-14-29(37-20-24)28(35)17-26/h5-6,11-14,16-17,21,23-24,33H,4,7-10,15,18-20H2,1-3H3,(H,34,36)/b6-5+. The van der Waals surface area contributed by atoms with E-state index in [-0.39, 0.29) is 11.8 Å². The molecule has 0 radical (unpaired) electrons. The molecule has 2 bridgehead atoms. The predicted molar refractivity (Wildman–Crippen MR) is 158 cm³/mol. The summed E-state index contributed by atoms with van der Waals surface area (Å²) in [6, 6.07) is 12.7. The van der Waals surface area contributed by atoms with E-state index in [9.17, 15) is 4.79 Å². The van der Waals surface area contributed by atoms with Gasteiger partial charge in [-0.25, -0.2) is 0 Å². The van der Waals surface area contributed by atoms with Crippen molar-refractivity contribution < 1.29 is 9.53 Å². The monoisotopic (exact) mass is 553 g/mol. The minimum Gasteiger partial charge on any atom is -0.491 e. The fourth-order valence-electron chi connectivity index (χ4n) is 5.81. The minimum absolute atomic E-state index is 0.0312. The molecule has 1 amide bonds. The first-order valence-electron chi connectivity index (χ1n) is 14.0. The van der Waals surface area contributed by atoms with Crippen molar-refractivity contribution >= 4 is 35.1 Å². The highest BCUT2D eigenvalue weighted by atomic mass is 35.5. The second kappa shape index (κ2) is 11.9. The van der Waals surface area contributed by atoms with Gasteiger partial charge in [0.05, 0.1) is 17.8 Å². The molecule has 3 unspecified atom stereocenters. The van der Waals surface area contributed by atoms with Gasteiger partial charge in [0.1, 0.15) is 5.75 Å². The van der Waals surface area contributed by atoms with E-state index in [2.05, 4.69) is 58.3 Å². The number of rotatable bonds is 3. The molecule has 1 aliphatic carbocycles. The van der Waals surface area contributed by atoms with Crippen molar-refractivity contribution in [2.75, 3.05) is 31.1 Å². The molecule has 38 heavy (non-hydrogen) atoms. The van der Waals surface area contributed by atoms with Gasteiger partial charge in [-0.05, 0) is 105 Å². The Morgan fingerprint density at radius 1 is 1.11 bits per heavy atom. The van der Waals surface area contributed by atoms with Gasteiger partial charge in [-0.2, -0.15) is 0 Å². The van der Waals surface area contributed by atoms with E-state index >= 15 is 0 Å². The van der Waals surface area contributed by atoms with Crippen molar-refractivity contribution in [3.8, 4) is 5.75 Å². The highest BCUT2D eigenvalue weighted by Gasteiger charge is 2.35. The number of carbonyl (C=O) groups excluding carboxylic acids is 1. The number of nitrogens with one attached hydrogen (secondary N) is 2. The number of halogens is 1. The van der Waals surface area contributed by atoms with Gasteiger partial charge in [-0.3, -0.25) is 9.52 Å². The Labute approximate surface area is 236 Å². The van der Waals surface area contributed by atoms with Crippen LogP contribution in [0.25, 0.3) is 0 Å². The quantitative estimate of drug-likeness (QED) is 0.325. The predicted octanol–water partition coefficient (Wildman–Crippen LogP) is 6.75. The van der Waals surface area contributed by atoms with Crippen LogP contribution in [-0.2, 0) is 11.2 Å². The van der Waals surface area contributed by atoms with Crippen LogP contribution >= 0.6 is 23.5 Å². The van der Waals surface area contributed by atoms with Gasteiger partial charge in [0.15, 0.2) is 0 Å². The van der Waals surface area contributed by atoms with E-state index in [1.807, 2.05) is 26.0 Å². The summed E-state index contributed by atoms with van der Waals surface area (Å²) in [5.41, 5.74) is 3.15. The topological polar surface area (TPSA) is 53.6 Å². The number of aryl methyl sites for hydroxylation is 1.